The van der Waals surface area contributed by atoms with E-state index in [1.807, 2.05) is 6.07 Å². The highest BCUT2D eigenvalue weighted by molar-refractivity contribution is 5.64. The minimum atomic E-state index is -0.577. The number of rotatable bonds is 3. The average molecular weight is 235 g/mol. The topological polar surface area (TPSA) is 71.2 Å². The van der Waals surface area contributed by atoms with E-state index in [9.17, 15) is 5.11 Å². The van der Waals surface area contributed by atoms with Crippen LogP contribution in [0.25, 0.3) is 0 Å². The Hall–Kier alpha value is -1.29. The van der Waals surface area contributed by atoms with E-state index in [1.165, 1.54) is 12.8 Å². The van der Waals surface area contributed by atoms with Gasteiger partial charge in [-0.15, -0.1) is 0 Å². The lowest BCUT2D eigenvalue weighted by molar-refractivity contribution is 0.0381. The van der Waals surface area contributed by atoms with Gasteiger partial charge in [-0.05, 0) is 18.9 Å². The molecule has 0 bridgehead atoms. The van der Waals surface area contributed by atoms with Crippen LogP contribution in [0.1, 0.15) is 38.5 Å². The summed E-state index contributed by atoms with van der Waals surface area (Å²) >= 11 is 0. The highest BCUT2D eigenvalue weighted by atomic mass is 16.3. The van der Waals surface area contributed by atoms with E-state index >= 15 is 0 Å². The molecule has 1 heterocycles. The van der Waals surface area contributed by atoms with Crippen LogP contribution < -0.4 is 11.1 Å². The molecule has 4 N–H and O–H groups in total. The molecule has 1 aromatic rings. The highest BCUT2D eigenvalue weighted by Crippen LogP contribution is 2.28. The van der Waals surface area contributed by atoms with Crippen molar-refractivity contribution in [1.82, 2.24) is 4.98 Å². The fourth-order valence-electron chi connectivity index (χ4n) is 2.39. The Labute approximate surface area is 102 Å². The zero-order chi connectivity index (χ0) is 12.1. The third-order valence-electron chi connectivity index (χ3n) is 3.49. The van der Waals surface area contributed by atoms with Crippen LogP contribution in [-0.2, 0) is 0 Å². The zero-order valence-corrected chi connectivity index (χ0v) is 10.2. The molecule has 0 aliphatic heterocycles. The number of nitrogens with one attached hydrogen (secondary N) is 1. The fraction of sp³-hybridized carbons (Fsp3) is 0.615. The number of hydrogen-bond acceptors (Lipinski definition) is 4. The Morgan fingerprint density at radius 2 is 2.00 bits per heavy atom. The van der Waals surface area contributed by atoms with Gasteiger partial charge in [0.15, 0.2) is 0 Å². The van der Waals surface area contributed by atoms with Crippen LogP contribution in [0.4, 0.5) is 11.4 Å². The van der Waals surface area contributed by atoms with E-state index < -0.39 is 5.60 Å². The normalized spacial score (nSPS) is 19.6. The molecule has 1 aromatic heterocycles. The second-order valence-corrected chi connectivity index (χ2v) is 4.96. The van der Waals surface area contributed by atoms with Gasteiger partial charge in [-0.3, -0.25) is 4.98 Å². The first-order valence-corrected chi connectivity index (χ1v) is 6.35. The number of pyridine rings is 1. The van der Waals surface area contributed by atoms with E-state index in [2.05, 4.69) is 10.3 Å². The van der Waals surface area contributed by atoms with E-state index in [0.29, 0.717) is 12.2 Å². The van der Waals surface area contributed by atoms with Crippen LogP contribution in [0, 0.1) is 0 Å². The first-order valence-electron chi connectivity index (χ1n) is 6.35. The van der Waals surface area contributed by atoms with Gasteiger partial charge in [0.05, 0.1) is 23.2 Å². The van der Waals surface area contributed by atoms with Gasteiger partial charge >= 0.3 is 0 Å². The van der Waals surface area contributed by atoms with Crippen molar-refractivity contribution in [1.29, 1.82) is 0 Å². The number of hydrogen-bond donors (Lipinski definition) is 3. The monoisotopic (exact) mass is 235 g/mol. The maximum absolute atomic E-state index is 10.5. The minimum Gasteiger partial charge on any atom is -0.396 e. The van der Waals surface area contributed by atoms with Gasteiger partial charge in [-0.1, -0.05) is 25.7 Å². The molecular weight excluding hydrogens is 214 g/mol. The first-order chi connectivity index (χ1) is 8.20. The number of nitrogens with two attached hydrogens (primary N) is 1. The van der Waals surface area contributed by atoms with Crippen molar-refractivity contribution in [2.24, 2.45) is 0 Å². The summed E-state index contributed by atoms with van der Waals surface area (Å²) in [5, 5.41) is 13.7. The zero-order valence-electron chi connectivity index (χ0n) is 10.2. The van der Waals surface area contributed by atoms with Crippen LogP contribution in [0.2, 0.25) is 0 Å². The molecular formula is C13H21N3O. The number of aromatic nitrogens is 1. The SMILES string of the molecule is Nc1cnccc1NCC1(O)CCCCCC1. The van der Waals surface area contributed by atoms with Crippen molar-refractivity contribution in [2.75, 3.05) is 17.6 Å². The standard InChI is InChI=1S/C13H21N3O/c14-11-9-15-8-5-12(11)16-10-13(17)6-3-1-2-4-7-13/h5,8-9,17H,1-4,6-7,10,14H2,(H,15,16). The molecule has 1 fully saturated rings. The predicted octanol–water partition coefficient (Wildman–Crippen LogP) is 2.16. The Balaban J connectivity index is 1.94. The molecule has 17 heavy (non-hydrogen) atoms. The molecule has 0 saturated heterocycles. The van der Waals surface area contributed by atoms with E-state index in [4.69, 9.17) is 5.73 Å². The molecule has 94 valence electrons. The summed E-state index contributed by atoms with van der Waals surface area (Å²) in [5.41, 5.74) is 6.71. The largest absolute Gasteiger partial charge is 0.396 e. The Kier molecular flexibility index (Phi) is 3.84. The van der Waals surface area contributed by atoms with Gasteiger partial charge in [-0.25, -0.2) is 0 Å². The summed E-state index contributed by atoms with van der Waals surface area (Å²) < 4.78 is 0. The first kappa shape index (κ1) is 12.2. The van der Waals surface area contributed by atoms with Gasteiger partial charge in [0, 0.05) is 12.7 Å². The molecule has 0 unspecified atom stereocenters. The molecule has 2 rings (SSSR count). The number of anilines is 2. The molecule has 0 radical (unpaired) electrons. The van der Waals surface area contributed by atoms with Gasteiger partial charge in [0.2, 0.25) is 0 Å². The van der Waals surface area contributed by atoms with E-state index in [-0.39, 0.29) is 0 Å². The summed E-state index contributed by atoms with van der Waals surface area (Å²) in [6.07, 6.45) is 9.79. The third-order valence-corrected chi connectivity index (χ3v) is 3.49. The number of nitrogen functional groups attached to an aromatic ring is 1. The lowest BCUT2D eigenvalue weighted by Crippen LogP contribution is -2.36. The van der Waals surface area contributed by atoms with Crippen molar-refractivity contribution >= 4 is 11.4 Å². The molecule has 1 aliphatic rings. The Bertz CT molecular complexity index is 359. The van der Waals surface area contributed by atoms with Gasteiger partial charge in [0.25, 0.3) is 0 Å². The lowest BCUT2D eigenvalue weighted by Gasteiger charge is -2.27. The van der Waals surface area contributed by atoms with Crippen LogP contribution in [-0.4, -0.2) is 22.2 Å². The van der Waals surface area contributed by atoms with E-state index in [0.717, 1.165) is 31.4 Å². The number of aliphatic hydroxyl groups is 1. The molecule has 1 saturated carbocycles. The molecule has 4 heteroatoms. The van der Waals surface area contributed by atoms with Crippen LogP contribution in [0.3, 0.4) is 0 Å². The average Bonchev–Trinajstić information content (AvgIpc) is 2.54. The molecule has 4 nitrogen and oxygen atoms in total. The Morgan fingerprint density at radius 3 is 2.65 bits per heavy atom. The summed E-state index contributed by atoms with van der Waals surface area (Å²) in [4.78, 5) is 3.94. The van der Waals surface area contributed by atoms with Crippen molar-refractivity contribution in [3.8, 4) is 0 Å². The fourth-order valence-corrected chi connectivity index (χ4v) is 2.39. The quantitative estimate of drug-likeness (QED) is 0.702. The maximum atomic E-state index is 10.5. The summed E-state index contributed by atoms with van der Waals surface area (Å²) in [6.45, 7) is 0.571. The Morgan fingerprint density at radius 1 is 1.29 bits per heavy atom. The lowest BCUT2D eigenvalue weighted by atomic mass is 9.94. The highest BCUT2D eigenvalue weighted by Gasteiger charge is 2.27. The van der Waals surface area contributed by atoms with Crippen molar-refractivity contribution in [2.45, 2.75) is 44.1 Å². The summed E-state index contributed by atoms with van der Waals surface area (Å²) in [5.74, 6) is 0. The van der Waals surface area contributed by atoms with Gasteiger partial charge in [0.1, 0.15) is 0 Å². The molecule has 0 aromatic carbocycles. The van der Waals surface area contributed by atoms with Gasteiger partial charge in [-0.2, -0.15) is 0 Å². The maximum Gasteiger partial charge on any atom is 0.0819 e. The summed E-state index contributed by atoms with van der Waals surface area (Å²) in [7, 11) is 0. The molecule has 0 atom stereocenters. The third kappa shape index (κ3) is 3.33. The molecule has 1 aliphatic carbocycles. The second kappa shape index (κ2) is 5.36. The minimum absolute atomic E-state index is 0.571. The van der Waals surface area contributed by atoms with Gasteiger partial charge < -0.3 is 16.2 Å². The predicted molar refractivity (Wildman–Crippen MR) is 69.8 cm³/mol. The van der Waals surface area contributed by atoms with E-state index in [1.54, 1.807) is 12.4 Å². The molecule has 0 spiro atoms. The summed E-state index contributed by atoms with van der Waals surface area (Å²) in [6, 6.07) is 1.84. The molecule has 0 amide bonds. The van der Waals surface area contributed by atoms with Crippen molar-refractivity contribution < 1.29 is 5.11 Å². The van der Waals surface area contributed by atoms with Crippen LogP contribution >= 0.6 is 0 Å². The number of nitrogens with zero attached hydrogens (tertiary/aromatic N) is 1. The van der Waals surface area contributed by atoms with Crippen LogP contribution in [0.5, 0.6) is 0 Å². The van der Waals surface area contributed by atoms with Crippen molar-refractivity contribution in [3.05, 3.63) is 18.5 Å². The van der Waals surface area contributed by atoms with Crippen LogP contribution in [0.15, 0.2) is 18.5 Å². The second-order valence-electron chi connectivity index (χ2n) is 4.96. The van der Waals surface area contributed by atoms with Crippen molar-refractivity contribution in [3.63, 3.8) is 0 Å². The smallest absolute Gasteiger partial charge is 0.0819 e.